The van der Waals surface area contributed by atoms with Crippen molar-refractivity contribution in [2.75, 3.05) is 5.32 Å². The summed E-state index contributed by atoms with van der Waals surface area (Å²) in [6, 6.07) is 5.17. The molecule has 1 amide bonds. The van der Waals surface area contributed by atoms with E-state index >= 15 is 0 Å². The molecule has 0 aliphatic carbocycles. The van der Waals surface area contributed by atoms with Gasteiger partial charge in [0, 0.05) is 10.0 Å². The summed E-state index contributed by atoms with van der Waals surface area (Å²) in [7, 11) is 0. The van der Waals surface area contributed by atoms with Crippen LogP contribution in [0.3, 0.4) is 0 Å². The highest BCUT2D eigenvalue weighted by Gasteiger charge is 2.13. The standard InChI is InChI=1S/C13H14BrN3O3/c1-7(2)19-11-5-9(4-10(14)6-11)13(18)15-12-8(3)16-20-17-12/h4-7H,1-3H3,(H,15,17,18). The average molecular weight is 340 g/mol. The van der Waals surface area contributed by atoms with E-state index < -0.39 is 0 Å². The number of aromatic nitrogens is 2. The SMILES string of the molecule is Cc1nonc1NC(=O)c1cc(Br)cc(OC(C)C)c1. The maximum absolute atomic E-state index is 12.2. The lowest BCUT2D eigenvalue weighted by molar-refractivity contribution is 0.102. The van der Waals surface area contributed by atoms with Crippen molar-refractivity contribution >= 4 is 27.7 Å². The second-order valence-corrected chi connectivity index (χ2v) is 5.41. The number of benzene rings is 1. The van der Waals surface area contributed by atoms with Crippen LogP contribution in [0, 0.1) is 6.92 Å². The Kier molecular flexibility index (Phi) is 4.39. The van der Waals surface area contributed by atoms with Gasteiger partial charge in [0.2, 0.25) is 5.82 Å². The smallest absolute Gasteiger partial charge is 0.257 e. The Labute approximate surface area is 124 Å². The molecule has 0 spiro atoms. The van der Waals surface area contributed by atoms with Gasteiger partial charge in [0.05, 0.1) is 6.10 Å². The fraction of sp³-hybridized carbons (Fsp3) is 0.308. The predicted octanol–water partition coefficient (Wildman–Crippen LogP) is 3.18. The molecule has 0 saturated heterocycles. The van der Waals surface area contributed by atoms with E-state index in [1.807, 2.05) is 13.8 Å². The van der Waals surface area contributed by atoms with E-state index in [-0.39, 0.29) is 12.0 Å². The summed E-state index contributed by atoms with van der Waals surface area (Å²) in [6.45, 7) is 5.54. The minimum absolute atomic E-state index is 0.0298. The molecule has 1 aromatic heterocycles. The monoisotopic (exact) mass is 339 g/mol. The number of carbonyl (C=O) groups excluding carboxylic acids is 1. The lowest BCUT2D eigenvalue weighted by Crippen LogP contribution is -2.14. The Morgan fingerprint density at radius 3 is 2.70 bits per heavy atom. The summed E-state index contributed by atoms with van der Waals surface area (Å²) in [6.07, 6.45) is 0.0298. The maximum atomic E-state index is 12.2. The summed E-state index contributed by atoms with van der Waals surface area (Å²) >= 11 is 3.36. The lowest BCUT2D eigenvalue weighted by Gasteiger charge is -2.11. The first kappa shape index (κ1) is 14.5. The van der Waals surface area contributed by atoms with Gasteiger partial charge in [0.1, 0.15) is 11.4 Å². The number of carbonyl (C=O) groups is 1. The minimum Gasteiger partial charge on any atom is -0.491 e. The van der Waals surface area contributed by atoms with Crippen LogP contribution in [0.1, 0.15) is 29.9 Å². The molecule has 2 rings (SSSR count). The van der Waals surface area contributed by atoms with Gasteiger partial charge in [-0.1, -0.05) is 21.1 Å². The van der Waals surface area contributed by atoms with Crippen molar-refractivity contribution in [2.45, 2.75) is 26.9 Å². The van der Waals surface area contributed by atoms with E-state index in [1.165, 1.54) is 0 Å². The molecule has 1 heterocycles. The summed E-state index contributed by atoms with van der Waals surface area (Å²) in [5, 5.41) is 9.85. The van der Waals surface area contributed by atoms with Gasteiger partial charge in [-0.25, -0.2) is 4.63 Å². The molecule has 1 N–H and O–H groups in total. The van der Waals surface area contributed by atoms with Crippen LogP contribution in [-0.4, -0.2) is 22.3 Å². The van der Waals surface area contributed by atoms with Gasteiger partial charge in [-0.2, -0.15) is 0 Å². The second-order valence-electron chi connectivity index (χ2n) is 4.49. The van der Waals surface area contributed by atoms with Gasteiger partial charge >= 0.3 is 0 Å². The number of rotatable bonds is 4. The Bertz CT molecular complexity index is 625. The van der Waals surface area contributed by atoms with E-state index in [4.69, 9.17) is 4.74 Å². The topological polar surface area (TPSA) is 77.3 Å². The third-order valence-corrected chi connectivity index (χ3v) is 2.85. The van der Waals surface area contributed by atoms with Crippen LogP contribution in [0.5, 0.6) is 5.75 Å². The zero-order valence-electron chi connectivity index (χ0n) is 11.3. The molecule has 20 heavy (non-hydrogen) atoms. The van der Waals surface area contributed by atoms with Gasteiger partial charge in [-0.3, -0.25) is 4.79 Å². The molecule has 1 aromatic carbocycles. The number of nitrogens with one attached hydrogen (secondary N) is 1. The van der Waals surface area contributed by atoms with Gasteiger partial charge in [-0.05, 0) is 44.1 Å². The number of hydrogen-bond donors (Lipinski definition) is 1. The highest BCUT2D eigenvalue weighted by molar-refractivity contribution is 9.10. The van der Waals surface area contributed by atoms with Crippen molar-refractivity contribution < 1.29 is 14.2 Å². The van der Waals surface area contributed by atoms with Gasteiger partial charge < -0.3 is 10.1 Å². The Morgan fingerprint density at radius 1 is 1.35 bits per heavy atom. The van der Waals surface area contributed by atoms with Crippen LogP contribution in [0.15, 0.2) is 27.3 Å². The first-order chi connectivity index (χ1) is 9.45. The molecular formula is C13H14BrN3O3. The molecular weight excluding hydrogens is 326 g/mol. The van der Waals surface area contributed by atoms with E-state index in [1.54, 1.807) is 25.1 Å². The summed E-state index contributed by atoms with van der Waals surface area (Å²) < 4.78 is 10.9. The highest BCUT2D eigenvalue weighted by Crippen LogP contribution is 2.23. The van der Waals surface area contributed by atoms with Crippen LogP contribution in [0.2, 0.25) is 0 Å². The largest absolute Gasteiger partial charge is 0.491 e. The molecule has 7 heteroatoms. The van der Waals surface area contributed by atoms with Crippen molar-refractivity contribution in [1.82, 2.24) is 10.3 Å². The maximum Gasteiger partial charge on any atom is 0.257 e. The van der Waals surface area contributed by atoms with Gasteiger partial charge in [0.15, 0.2) is 0 Å². The van der Waals surface area contributed by atoms with Gasteiger partial charge in [0.25, 0.3) is 5.91 Å². The van der Waals surface area contributed by atoms with Crippen molar-refractivity contribution in [3.8, 4) is 5.75 Å². The predicted molar refractivity (Wildman–Crippen MR) is 76.9 cm³/mol. The van der Waals surface area contributed by atoms with Crippen molar-refractivity contribution in [2.24, 2.45) is 0 Å². The van der Waals surface area contributed by atoms with E-state index in [0.29, 0.717) is 22.8 Å². The van der Waals surface area contributed by atoms with Crippen LogP contribution in [0.4, 0.5) is 5.82 Å². The first-order valence-electron chi connectivity index (χ1n) is 6.03. The highest BCUT2D eigenvalue weighted by atomic mass is 79.9. The summed E-state index contributed by atoms with van der Waals surface area (Å²) in [5.41, 5.74) is 0.976. The number of amides is 1. The van der Waals surface area contributed by atoms with Crippen LogP contribution in [0.25, 0.3) is 0 Å². The molecule has 0 aliphatic heterocycles. The van der Waals surface area contributed by atoms with Crippen LogP contribution in [-0.2, 0) is 0 Å². The molecule has 0 atom stereocenters. The number of hydrogen-bond acceptors (Lipinski definition) is 5. The molecule has 6 nitrogen and oxygen atoms in total. The van der Waals surface area contributed by atoms with Crippen LogP contribution >= 0.6 is 15.9 Å². The van der Waals surface area contributed by atoms with Crippen LogP contribution < -0.4 is 10.1 Å². The zero-order chi connectivity index (χ0) is 14.7. The molecule has 106 valence electrons. The Balaban J connectivity index is 2.21. The fourth-order valence-electron chi connectivity index (χ4n) is 1.56. The average Bonchev–Trinajstić information content (AvgIpc) is 2.73. The fourth-order valence-corrected chi connectivity index (χ4v) is 2.03. The van der Waals surface area contributed by atoms with Crippen molar-refractivity contribution in [3.05, 3.63) is 33.9 Å². The quantitative estimate of drug-likeness (QED) is 0.925. The third kappa shape index (κ3) is 3.57. The number of nitrogens with zero attached hydrogens (tertiary/aromatic N) is 2. The second kappa shape index (κ2) is 6.04. The van der Waals surface area contributed by atoms with E-state index in [2.05, 4.69) is 36.2 Å². The summed E-state index contributed by atoms with van der Waals surface area (Å²) in [4.78, 5) is 12.2. The Morgan fingerprint density at radius 2 is 2.10 bits per heavy atom. The number of aryl methyl sites for hydroxylation is 1. The number of anilines is 1. The minimum atomic E-state index is -0.307. The van der Waals surface area contributed by atoms with E-state index in [0.717, 1.165) is 4.47 Å². The molecule has 0 fully saturated rings. The van der Waals surface area contributed by atoms with Gasteiger partial charge in [-0.15, -0.1) is 0 Å². The molecule has 0 aliphatic rings. The summed E-state index contributed by atoms with van der Waals surface area (Å²) in [5.74, 6) is 0.620. The zero-order valence-corrected chi connectivity index (χ0v) is 12.9. The molecule has 0 radical (unpaired) electrons. The third-order valence-electron chi connectivity index (χ3n) is 2.39. The normalized spacial score (nSPS) is 10.7. The van der Waals surface area contributed by atoms with Crippen molar-refractivity contribution in [1.29, 1.82) is 0 Å². The lowest BCUT2D eigenvalue weighted by atomic mass is 10.2. The molecule has 0 bridgehead atoms. The first-order valence-corrected chi connectivity index (χ1v) is 6.83. The molecule has 0 saturated carbocycles. The number of halogens is 1. The molecule has 2 aromatic rings. The van der Waals surface area contributed by atoms with Crippen molar-refractivity contribution in [3.63, 3.8) is 0 Å². The molecule has 0 unspecified atom stereocenters. The van der Waals surface area contributed by atoms with E-state index in [9.17, 15) is 4.79 Å². The Hall–Kier alpha value is -1.89. The number of ether oxygens (including phenoxy) is 1.